The van der Waals surface area contributed by atoms with Gasteiger partial charge in [0.15, 0.2) is 0 Å². The number of carbonyl (C=O) groups is 1. The van der Waals surface area contributed by atoms with E-state index < -0.39 is 25.3 Å². The maximum absolute atomic E-state index is 12.8. The number of hydrogen-bond acceptors (Lipinski definition) is 4. The second-order valence-corrected chi connectivity index (χ2v) is 16.4. The van der Waals surface area contributed by atoms with Crippen LogP contribution in [0.1, 0.15) is 54.4 Å². The lowest BCUT2D eigenvalue weighted by atomic mass is 9.45. The van der Waals surface area contributed by atoms with Crippen LogP contribution in [0.4, 0.5) is 0 Å². The predicted molar refractivity (Wildman–Crippen MR) is 106 cm³/mol. The van der Waals surface area contributed by atoms with Crippen molar-refractivity contribution in [3.05, 3.63) is 0 Å². The van der Waals surface area contributed by atoms with Crippen LogP contribution in [0.2, 0.25) is 25.7 Å². The van der Waals surface area contributed by atoms with Crippen LogP contribution in [0.5, 0.6) is 0 Å². The van der Waals surface area contributed by atoms with Gasteiger partial charge in [-0.2, -0.15) is 0 Å². The number of esters is 1. The summed E-state index contributed by atoms with van der Waals surface area (Å²) in [5, 5.41) is 11.3. The minimum atomic E-state index is -1.53. The average molecular weight is 368 g/mol. The van der Waals surface area contributed by atoms with Crippen LogP contribution in [0.25, 0.3) is 0 Å². The van der Waals surface area contributed by atoms with Gasteiger partial charge in [0.2, 0.25) is 0 Å². The molecule has 1 unspecified atom stereocenters. The molecule has 25 heavy (non-hydrogen) atoms. The Morgan fingerprint density at radius 1 is 1.32 bits per heavy atom. The molecule has 144 valence electrons. The third-order valence-corrected chi connectivity index (χ3v) is 7.63. The standard InChI is InChI=1S/C20H37NO3Si/c1-13-14-10-19(5,11-14)20(6,23)16(13)21-15(12-25(7,8)9)17(22)24-18(2,3)4/h13-15,23H,10-12H2,1-9H3/t13?,14?,15-,19?,20-/m0/s1. The van der Waals surface area contributed by atoms with E-state index in [0.717, 1.165) is 24.6 Å². The maximum Gasteiger partial charge on any atom is 0.331 e. The van der Waals surface area contributed by atoms with Gasteiger partial charge in [0.25, 0.3) is 0 Å². The molecule has 1 N–H and O–H groups in total. The summed E-state index contributed by atoms with van der Waals surface area (Å²) in [5.74, 6) is 0.549. The predicted octanol–water partition coefficient (Wildman–Crippen LogP) is 4.29. The molecule has 0 spiro atoms. The zero-order valence-corrected chi connectivity index (χ0v) is 18.6. The largest absolute Gasteiger partial charge is 0.458 e. The highest BCUT2D eigenvalue weighted by atomic mass is 28.3. The van der Waals surface area contributed by atoms with Crippen LogP contribution < -0.4 is 0 Å². The molecule has 0 aliphatic heterocycles. The van der Waals surface area contributed by atoms with E-state index >= 15 is 0 Å². The van der Waals surface area contributed by atoms with Crippen molar-refractivity contribution in [2.24, 2.45) is 22.2 Å². The number of fused-ring (bicyclic) bond motifs is 2. The molecule has 0 aromatic carbocycles. The van der Waals surface area contributed by atoms with Crippen LogP contribution in [-0.4, -0.2) is 42.1 Å². The number of rotatable bonds is 4. The minimum absolute atomic E-state index is 0.110. The van der Waals surface area contributed by atoms with E-state index in [1.807, 2.05) is 27.7 Å². The summed E-state index contributed by atoms with van der Waals surface area (Å²) >= 11 is 0. The van der Waals surface area contributed by atoms with E-state index in [0.29, 0.717) is 5.92 Å². The van der Waals surface area contributed by atoms with Gasteiger partial charge in [-0.15, -0.1) is 0 Å². The molecule has 0 amide bonds. The van der Waals surface area contributed by atoms with Gasteiger partial charge in [-0.1, -0.05) is 33.5 Å². The van der Waals surface area contributed by atoms with E-state index in [-0.39, 0.29) is 17.3 Å². The molecule has 0 heterocycles. The van der Waals surface area contributed by atoms with Crippen LogP contribution in [0.3, 0.4) is 0 Å². The van der Waals surface area contributed by atoms with E-state index in [2.05, 4.69) is 33.5 Å². The quantitative estimate of drug-likeness (QED) is 0.595. The van der Waals surface area contributed by atoms with Crippen molar-refractivity contribution >= 4 is 19.8 Å². The number of carbonyl (C=O) groups excluding carboxylic acids is 1. The van der Waals surface area contributed by atoms with Crippen LogP contribution in [0.15, 0.2) is 4.99 Å². The van der Waals surface area contributed by atoms with Crippen molar-refractivity contribution in [1.29, 1.82) is 0 Å². The van der Waals surface area contributed by atoms with Gasteiger partial charge in [0.05, 0.1) is 0 Å². The SMILES string of the molecule is CC1C(=N[C@@H](C[Si](C)(C)C)C(=O)OC(C)(C)C)[C@](C)(O)C2(C)CC1C2. The summed E-state index contributed by atoms with van der Waals surface area (Å²) in [6, 6.07) is 0.242. The van der Waals surface area contributed by atoms with Crippen molar-refractivity contribution in [2.45, 2.75) is 97.3 Å². The lowest BCUT2D eigenvalue weighted by molar-refractivity contribution is -0.156. The first-order valence-electron chi connectivity index (χ1n) is 9.59. The molecule has 0 aromatic rings. The van der Waals surface area contributed by atoms with E-state index in [1.165, 1.54) is 0 Å². The fraction of sp³-hybridized carbons (Fsp3) is 0.900. The highest BCUT2D eigenvalue weighted by molar-refractivity contribution is 6.76. The molecule has 2 bridgehead atoms. The Bertz CT molecular complexity index is 562. The van der Waals surface area contributed by atoms with Gasteiger partial charge < -0.3 is 9.84 Å². The Hall–Kier alpha value is -0.683. The molecule has 3 atom stereocenters. The summed E-state index contributed by atoms with van der Waals surface area (Å²) in [6.45, 7) is 18.6. The topological polar surface area (TPSA) is 58.9 Å². The Kier molecular flexibility index (Phi) is 5.11. The second-order valence-electron chi connectivity index (χ2n) is 10.9. The average Bonchev–Trinajstić information content (AvgIpc) is 2.33. The normalized spacial score (nSPS) is 38.2. The zero-order chi connectivity index (χ0) is 19.4. The molecular formula is C20H37NO3Si. The van der Waals surface area contributed by atoms with Crippen molar-refractivity contribution < 1.29 is 14.6 Å². The third-order valence-electron chi connectivity index (χ3n) is 6.02. The van der Waals surface area contributed by atoms with Crippen molar-refractivity contribution in [3.63, 3.8) is 0 Å². The Labute approximate surface area is 154 Å². The lowest BCUT2D eigenvalue weighted by Crippen LogP contribution is -2.66. The maximum atomic E-state index is 12.8. The zero-order valence-electron chi connectivity index (χ0n) is 17.6. The second kappa shape index (κ2) is 6.19. The first-order chi connectivity index (χ1) is 11.1. The molecule has 3 saturated carbocycles. The Morgan fingerprint density at radius 3 is 2.28 bits per heavy atom. The van der Waals surface area contributed by atoms with Gasteiger partial charge in [0, 0.05) is 19.2 Å². The highest BCUT2D eigenvalue weighted by Crippen LogP contribution is 2.61. The van der Waals surface area contributed by atoms with Crippen LogP contribution >= 0.6 is 0 Å². The molecule has 3 fully saturated rings. The summed E-state index contributed by atoms with van der Waals surface area (Å²) < 4.78 is 5.65. The molecular weight excluding hydrogens is 330 g/mol. The van der Waals surface area contributed by atoms with E-state index in [1.54, 1.807) is 0 Å². The molecule has 3 aliphatic carbocycles. The minimum Gasteiger partial charge on any atom is -0.458 e. The first kappa shape index (κ1) is 20.6. The van der Waals surface area contributed by atoms with E-state index in [4.69, 9.17) is 9.73 Å². The van der Waals surface area contributed by atoms with Gasteiger partial charge in [-0.25, -0.2) is 4.79 Å². The summed E-state index contributed by atoms with van der Waals surface area (Å²) in [4.78, 5) is 17.7. The van der Waals surface area contributed by atoms with E-state index in [9.17, 15) is 9.90 Å². The number of aliphatic imine (C=N–C) groups is 1. The monoisotopic (exact) mass is 367 g/mol. The van der Waals surface area contributed by atoms with Gasteiger partial charge in [0.1, 0.15) is 17.2 Å². The van der Waals surface area contributed by atoms with Crippen LogP contribution in [0, 0.1) is 17.3 Å². The number of ether oxygens (including phenoxy) is 1. The lowest BCUT2D eigenvalue weighted by Gasteiger charge is -2.62. The Balaban J connectivity index is 2.37. The summed E-state index contributed by atoms with van der Waals surface area (Å²) in [6.07, 6.45) is 2.09. The number of nitrogens with zero attached hydrogens (tertiary/aromatic N) is 1. The molecule has 0 saturated heterocycles. The summed E-state index contributed by atoms with van der Waals surface area (Å²) in [7, 11) is -1.53. The van der Waals surface area contributed by atoms with Gasteiger partial charge in [-0.3, -0.25) is 4.99 Å². The smallest absolute Gasteiger partial charge is 0.331 e. The molecule has 3 aliphatic rings. The molecule has 5 heteroatoms. The number of hydrogen-bond donors (Lipinski definition) is 1. The molecule has 0 aromatic heterocycles. The molecule has 0 radical (unpaired) electrons. The van der Waals surface area contributed by atoms with Crippen molar-refractivity contribution in [1.82, 2.24) is 0 Å². The third kappa shape index (κ3) is 4.18. The first-order valence-corrected chi connectivity index (χ1v) is 13.3. The number of aliphatic hydroxyl groups is 1. The Morgan fingerprint density at radius 2 is 1.84 bits per heavy atom. The van der Waals surface area contributed by atoms with Gasteiger partial charge >= 0.3 is 5.97 Å². The van der Waals surface area contributed by atoms with Crippen LogP contribution in [-0.2, 0) is 9.53 Å². The fourth-order valence-electron chi connectivity index (χ4n) is 4.37. The van der Waals surface area contributed by atoms with Gasteiger partial charge in [-0.05, 0) is 58.4 Å². The summed E-state index contributed by atoms with van der Waals surface area (Å²) in [5.41, 5.74) is -0.766. The van der Waals surface area contributed by atoms with Crippen molar-refractivity contribution in [2.75, 3.05) is 0 Å². The molecule has 4 nitrogen and oxygen atoms in total. The molecule has 3 rings (SSSR count). The highest BCUT2D eigenvalue weighted by Gasteiger charge is 2.62. The van der Waals surface area contributed by atoms with Crippen molar-refractivity contribution in [3.8, 4) is 0 Å². The fourth-order valence-corrected chi connectivity index (χ4v) is 5.79.